The molecule has 11 rings (SSSR count). The van der Waals surface area contributed by atoms with E-state index in [1.807, 2.05) is 72.8 Å². The summed E-state index contributed by atoms with van der Waals surface area (Å²) in [5, 5.41) is 6.88. The molecule has 0 aliphatic carbocycles. The molecule has 0 spiro atoms. The number of benzene rings is 3. The molecule has 0 saturated carbocycles. The van der Waals surface area contributed by atoms with E-state index in [2.05, 4.69) is 130 Å². The van der Waals surface area contributed by atoms with Crippen LogP contribution >= 0.6 is 39.1 Å². The fraction of sp³-hybridized carbons (Fsp3) is 0.357. The number of halogens is 3. The number of alkyl halides is 1. The maximum atomic E-state index is 6.20. The van der Waals surface area contributed by atoms with Crippen LogP contribution in [0.3, 0.4) is 0 Å². The molecule has 6 aromatic heterocycles. The first kappa shape index (κ1) is 56.4. The molecule has 0 atom stereocenters. The quantitative estimate of drug-likeness (QED) is 0.104. The summed E-state index contributed by atoms with van der Waals surface area (Å²) >= 11 is 15.5. The zero-order valence-corrected chi connectivity index (χ0v) is 47.1. The Hall–Kier alpha value is -6.34. The standard InChI is InChI=1S/C20H24N4O2.C16H16ClN3O.C13H10ClN3O.C4H9NO.C3H7Br/c1-14(2)24-18(15-4-6-16(25-3)7-5-15)12-17-19(21-13-22-20(17)24)23-8-10-26-11-9-23;1-10(2)20-14(11-4-6-12(21-3)7-5-11)8-13-15(17)18-9-19-16(13)20;1-18-9-4-2-8(3-5-9)11-6-10-12(14)15-7-16-13(10)17-11;1-3-6-4-2-5-1;1-3(2)4/h4-7,12-14H,8-11H2,1-3H3;4-10H,1-3H3;2-7H,1H3,(H,15,16,17);5H,1-4H2;3H,1-2H3. The van der Waals surface area contributed by atoms with Crippen LogP contribution in [0, 0.1) is 0 Å². The van der Waals surface area contributed by atoms with E-state index in [0.29, 0.717) is 15.1 Å². The Labute approximate surface area is 457 Å². The summed E-state index contributed by atoms with van der Waals surface area (Å²) in [6.45, 7) is 19.8. The highest BCUT2D eigenvalue weighted by atomic mass is 79.9. The average Bonchev–Trinajstić information content (AvgIpc) is 4.19. The number of fused-ring (bicyclic) bond motifs is 3. The van der Waals surface area contributed by atoms with E-state index in [9.17, 15) is 0 Å². The van der Waals surface area contributed by atoms with Crippen molar-refractivity contribution >= 4 is 78.0 Å². The van der Waals surface area contributed by atoms with E-state index < -0.39 is 0 Å². The summed E-state index contributed by atoms with van der Waals surface area (Å²) < 4.78 is 30.6. The number of rotatable bonds is 9. The molecule has 16 nitrogen and oxygen atoms in total. The molecule has 2 aliphatic rings. The average molecular weight is 1120 g/mol. The van der Waals surface area contributed by atoms with E-state index in [4.69, 9.17) is 46.9 Å². The number of morpholine rings is 2. The van der Waals surface area contributed by atoms with Gasteiger partial charge < -0.3 is 48.0 Å². The van der Waals surface area contributed by atoms with Crippen LogP contribution in [0.4, 0.5) is 5.82 Å². The monoisotopic (exact) mass is 1120 g/mol. The Bertz CT molecular complexity index is 3180. The number of ether oxygens (including phenoxy) is 5. The van der Waals surface area contributed by atoms with Crippen molar-refractivity contribution in [3.8, 4) is 51.0 Å². The number of hydrogen-bond acceptors (Lipinski definition) is 13. The second-order valence-corrected chi connectivity index (χ2v) is 20.6. The van der Waals surface area contributed by atoms with E-state index >= 15 is 0 Å². The predicted octanol–water partition coefficient (Wildman–Crippen LogP) is 12.5. The van der Waals surface area contributed by atoms with Gasteiger partial charge in [-0.1, -0.05) is 53.0 Å². The zero-order valence-electron chi connectivity index (χ0n) is 44.0. The summed E-state index contributed by atoms with van der Waals surface area (Å²) in [6.07, 6.45) is 4.62. The highest BCUT2D eigenvalue weighted by molar-refractivity contribution is 9.09. The Morgan fingerprint density at radius 1 is 0.533 bits per heavy atom. The third-order valence-electron chi connectivity index (χ3n) is 11.9. The van der Waals surface area contributed by atoms with Gasteiger partial charge >= 0.3 is 0 Å². The van der Waals surface area contributed by atoms with Crippen LogP contribution in [0.1, 0.15) is 53.6 Å². The molecule has 75 heavy (non-hydrogen) atoms. The van der Waals surface area contributed by atoms with Crippen LogP contribution in [-0.4, -0.2) is 123 Å². The Kier molecular flexibility index (Phi) is 20.6. The van der Waals surface area contributed by atoms with Gasteiger partial charge in [0.2, 0.25) is 0 Å². The summed E-state index contributed by atoms with van der Waals surface area (Å²) in [4.78, 5) is 31.9. The number of nitrogens with zero attached hydrogens (tertiary/aromatic N) is 9. The molecule has 0 unspecified atom stereocenters. The Morgan fingerprint density at radius 2 is 0.960 bits per heavy atom. The molecule has 2 aliphatic heterocycles. The largest absolute Gasteiger partial charge is 0.497 e. The van der Waals surface area contributed by atoms with Crippen LogP contribution in [0.5, 0.6) is 17.2 Å². The SMILES string of the molecule is C1COCCN1.CC(C)Br.COc1ccc(-c2cc3c(Cl)ncnc3[nH]2)cc1.COc1ccc(-c2cc3c(Cl)ncnc3n2C(C)C)cc1.COc1ccc(-c2cc3c(N4CCOCC4)ncnc3n2C(C)C)cc1. The van der Waals surface area contributed by atoms with Gasteiger partial charge in [0.05, 0.1) is 75.3 Å². The number of hydrogen-bond donors (Lipinski definition) is 2. The van der Waals surface area contributed by atoms with E-state index in [-0.39, 0.29) is 12.1 Å². The van der Waals surface area contributed by atoms with Crippen molar-refractivity contribution in [2.75, 3.05) is 78.8 Å². The van der Waals surface area contributed by atoms with Gasteiger partial charge in [0, 0.05) is 48.8 Å². The van der Waals surface area contributed by atoms with Gasteiger partial charge in [-0.25, -0.2) is 29.9 Å². The molecule has 2 fully saturated rings. The third-order valence-corrected chi connectivity index (χ3v) is 12.5. The lowest BCUT2D eigenvalue weighted by molar-refractivity contribution is 0.109. The van der Waals surface area contributed by atoms with Gasteiger partial charge in [-0.2, -0.15) is 0 Å². The third kappa shape index (κ3) is 14.5. The van der Waals surface area contributed by atoms with Gasteiger partial charge in [-0.05, 0) is 135 Å². The van der Waals surface area contributed by atoms with Gasteiger partial charge in [0.1, 0.15) is 69.3 Å². The molecular formula is C56H66BrCl2N11O5. The molecule has 0 amide bonds. The number of aromatic amines is 1. The Morgan fingerprint density at radius 3 is 1.40 bits per heavy atom. The minimum Gasteiger partial charge on any atom is -0.497 e. The summed E-state index contributed by atoms with van der Waals surface area (Å²) in [5.41, 5.74) is 9.03. The summed E-state index contributed by atoms with van der Waals surface area (Å²) in [5.74, 6) is 3.51. The molecule has 396 valence electrons. The van der Waals surface area contributed by atoms with Crippen LogP contribution in [-0.2, 0) is 9.47 Å². The van der Waals surface area contributed by atoms with Crippen molar-refractivity contribution < 1.29 is 23.7 Å². The molecule has 2 N–H and O–H groups in total. The van der Waals surface area contributed by atoms with Gasteiger partial charge in [0.25, 0.3) is 0 Å². The highest BCUT2D eigenvalue weighted by Crippen LogP contribution is 2.36. The molecule has 9 aromatic rings. The number of nitrogens with one attached hydrogen (secondary N) is 2. The fourth-order valence-electron chi connectivity index (χ4n) is 8.41. The Balaban J connectivity index is 0.000000152. The maximum Gasteiger partial charge on any atom is 0.146 e. The first-order valence-corrected chi connectivity index (χ1v) is 26.5. The van der Waals surface area contributed by atoms with Crippen LogP contribution in [0.15, 0.2) is 110 Å². The normalized spacial score (nSPS) is 13.3. The molecular weight excluding hydrogens is 1060 g/mol. The van der Waals surface area contributed by atoms with Gasteiger partial charge in [-0.15, -0.1) is 0 Å². The van der Waals surface area contributed by atoms with Crippen molar-refractivity contribution in [3.63, 3.8) is 0 Å². The molecule has 19 heteroatoms. The van der Waals surface area contributed by atoms with Crippen molar-refractivity contribution in [2.24, 2.45) is 0 Å². The molecule has 0 bridgehead atoms. The molecule has 0 radical (unpaired) electrons. The van der Waals surface area contributed by atoms with E-state index in [1.54, 1.807) is 27.7 Å². The smallest absolute Gasteiger partial charge is 0.146 e. The molecule has 2 saturated heterocycles. The second-order valence-electron chi connectivity index (χ2n) is 18.1. The van der Waals surface area contributed by atoms with Crippen LogP contribution in [0.2, 0.25) is 10.3 Å². The summed E-state index contributed by atoms with van der Waals surface area (Å²) in [7, 11) is 4.99. The molecule has 8 heterocycles. The highest BCUT2D eigenvalue weighted by Gasteiger charge is 2.22. The van der Waals surface area contributed by atoms with Gasteiger partial charge in [-0.3, -0.25) is 0 Å². The van der Waals surface area contributed by atoms with Crippen LogP contribution < -0.4 is 24.4 Å². The lowest BCUT2D eigenvalue weighted by Crippen LogP contribution is -2.36. The van der Waals surface area contributed by atoms with Gasteiger partial charge in [0.15, 0.2) is 0 Å². The lowest BCUT2D eigenvalue weighted by Gasteiger charge is -2.28. The number of H-pyrrole nitrogens is 1. The number of anilines is 1. The maximum absolute atomic E-state index is 6.20. The van der Waals surface area contributed by atoms with Crippen molar-refractivity contribution in [2.45, 2.75) is 58.5 Å². The number of methoxy groups -OCH3 is 3. The minimum atomic E-state index is 0.269. The topological polar surface area (TPSA) is 164 Å². The first-order chi connectivity index (χ1) is 36.3. The fourth-order valence-corrected chi connectivity index (χ4v) is 8.78. The van der Waals surface area contributed by atoms with Crippen molar-refractivity contribution in [1.29, 1.82) is 0 Å². The van der Waals surface area contributed by atoms with Crippen molar-refractivity contribution in [3.05, 3.63) is 120 Å². The van der Waals surface area contributed by atoms with Crippen molar-refractivity contribution in [1.82, 2.24) is 49.3 Å². The molecule has 3 aromatic carbocycles. The second kappa shape index (κ2) is 27.4. The van der Waals surface area contributed by atoms with E-state index in [0.717, 1.165) is 143 Å². The van der Waals surface area contributed by atoms with E-state index in [1.165, 1.54) is 12.7 Å². The minimum absolute atomic E-state index is 0.269. The zero-order chi connectivity index (χ0) is 53.4. The lowest BCUT2D eigenvalue weighted by atomic mass is 10.1. The predicted molar refractivity (Wildman–Crippen MR) is 306 cm³/mol. The van der Waals surface area contributed by atoms with Crippen LogP contribution in [0.25, 0.3) is 66.9 Å². The number of aromatic nitrogens is 9. The summed E-state index contributed by atoms with van der Waals surface area (Å²) in [6, 6.07) is 30.7. The first-order valence-electron chi connectivity index (χ1n) is 24.9.